The van der Waals surface area contributed by atoms with Gasteiger partial charge in [0, 0.05) is 48.4 Å². The van der Waals surface area contributed by atoms with Gasteiger partial charge in [-0.2, -0.15) is 5.26 Å². The summed E-state index contributed by atoms with van der Waals surface area (Å²) in [5.41, 5.74) is 0.837. The Labute approximate surface area is 214 Å². The third-order valence-corrected chi connectivity index (χ3v) is 7.63. The van der Waals surface area contributed by atoms with E-state index >= 15 is 0 Å². The Balaban J connectivity index is 1.81. The van der Waals surface area contributed by atoms with E-state index in [9.17, 15) is 19.2 Å². The number of Topliss-reactive ketones (excluding diaryl/α,β-unsaturated/α-hetero) is 1. The van der Waals surface area contributed by atoms with Crippen LogP contribution in [-0.2, 0) is 15.0 Å². The summed E-state index contributed by atoms with van der Waals surface area (Å²) in [5, 5.41) is 10.8. The second-order valence-electron chi connectivity index (χ2n) is 10.6. The molecule has 0 bridgehead atoms. The number of para-hydroxylation sites is 1. The van der Waals surface area contributed by atoms with Crippen molar-refractivity contribution in [3.05, 3.63) is 101 Å². The van der Waals surface area contributed by atoms with E-state index in [1.807, 2.05) is 50.2 Å². The summed E-state index contributed by atoms with van der Waals surface area (Å²) >= 11 is 0. The van der Waals surface area contributed by atoms with Gasteiger partial charge in [-0.1, -0.05) is 38.1 Å². The zero-order valence-electron chi connectivity index (χ0n) is 20.8. The molecule has 2 aliphatic heterocycles. The molecule has 184 valence electrons. The van der Waals surface area contributed by atoms with Gasteiger partial charge >= 0.3 is 0 Å². The first-order chi connectivity index (χ1) is 17.7. The summed E-state index contributed by atoms with van der Waals surface area (Å²) in [4.78, 5) is 31.8. The van der Waals surface area contributed by atoms with Gasteiger partial charge in [0.2, 0.25) is 5.91 Å². The van der Waals surface area contributed by atoms with Gasteiger partial charge in [0.1, 0.15) is 23.1 Å². The molecule has 1 spiro atoms. The van der Waals surface area contributed by atoms with Crippen molar-refractivity contribution in [1.82, 2.24) is 4.57 Å². The summed E-state index contributed by atoms with van der Waals surface area (Å²) in [6, 6.07) is 19.4. The number of hydrogen-bond acceptors (Lipinski definition) is 4. The standard InChI is InChI=1S/C30H25FN4O2/c1-29(2)16-24-26(25(36)17-29)30(21-11-4-5-12-23(21)33(3)28(30)37)22(18-32)27(34-13-6-7-14-34)35(24)20-10-8-9-19(31)15-20/h4-15H,16-17H2,1-3H3/t30-/m1/s1. The van der Waals surface area contributed by atoms with Crippen LogP contribution < -0.4 is 9.80 Å². The molecule has 0 saturated heterocycles. The highest BCUT2D eigenvalue weighted by molar-refractivity contribution is 6.22. The fourth-order valence-corrected chi connectivity index (χ4v) is 6.23. The predicted molar refractivity (Wildman–Crippen MR) is 139 cm³/mol. The summed E-state index contributed by atoms with van der Waals surface area (Å²) < 4.78 is 16.3. The average Bonchev–Trinajstić information content (AvgIpc) is 3.46. The maximum absolute atomic E-state index is 14.6. The highest BCUT2D eigenvalue weighted by Crippen LogP contribution is 2.59. The number of allylic oxidation sites excluding steroid dienone is 1. The van der Waals surface area contributed by atoms with E-state index in [1.165, 1.54) is 17.0 Å². The monoisotopic (exact) mass is 492 g/mol. The Morgan fingerprint density at radius 1 is 0.973 bits per heavy atom. The number of rotatable bonds is 2. The van der Waals surface area contributed by atoms with Gasteiger partial charge in [0.05, 0.1) is 11.3 Å². The SMILES string of the molecule is CN1C(=O)[C@@]2(C(C#N)=C(n3cccc3)N(c3cccc(F)c3)C3=C2C(=O)CC(C)(C)C3)c2ccccc21. The van der Waals surface area contributed by atoms with Crippen LogP contribution in [0.4, 0.5) is 15.8 Å². The maximum atomic E-state index is 14.6. The number of nitrogens with zero attached hydrogens (tertiary/aromatic N) is 4. The number of hydrogen-bond donors (Lipinski definition) is 0. The first-order valence-electron chi connectivity index (χ1n) is 12.2. The topological polar surface area (TPSA) is 69.3 Å². The number of ketones is 1. The minimum atomic E-state index is -1.59. The molecule has 6 nitrogen and oxygen atoms in total. The number of anilines is 2. The molecular weight excluding hydrogens is 467 g/mol. The van der Waals surface area contributed by atoms with Crippen molar-refractivity contribution in [3.8, 4) is 6.07 Å². The van der Waals surface area contributed by atoms with Crippen LogP contribution in [0.1, 0.15) is 32.3 Å². The lowest BCUT2D eigenvalue weighted by atomic mass is 9.60. The van der Waals surface area contributed by atoms with Crippen LogP contribution in [0.5, 0.6) is 0 Å². The normalized spacial score (nSPS) is 22.5. The molecular formula is C30H25FN4O2. The fraction of sp³-hybridized carbons (Fsp3) is 0.233. The van der Waals surface area contributed by atoms with E-state index in [0.717, 1.165) is 0 Å². The molecule has 0 unspecified atom stereocenters. The number of aromatic nitrogens is 1. The van der Waals surface area contributed by atoms with E-state index in [-0.39, 0.29) is 23.7 Å². The number of carbonyl (C=O) groups excluding carboxylic acids is 2. The summed E-state index contributed by atoms with van der Waals surface area (Å²) in [5.74, 6) is -0.533. The molecule has 1 aliphatic carbocycles. The third kappa shape index (κ3) is 3.02. The zero-order chi connectivity index (χ0) is 26.1. The predicted octanol–water partition coefficient (Wildman–Crippen LogP) is 5.40. The van der Waals surface area contributed by atoms with Gasteiger partial charge in [-0.25, -0.2) is 4.39 Å². The minimum absolute atomic E-state index is 0.140. The summed E-state index contributed by atoms with van der Waals surface area (Å²) in [6.07, 6.45) is 4.29. The molecule has 1 aromatic heterocycles. The van der Waals surface area contributed by atoms with Crippen LogP contribution in [0, 0.1) is 22.6 Å². The molecule has 2 aromatic carbocycles. The van der Waals surface area contributed by atoms with Crippen LogP contribution in [0.25, 0.3) is 5.82 Å². The average molecular weight is 493 g/mol. The molecule has 6 rings (SSSR count). The van der Waals surface area contributed by atoms with Crippen LogP contribution in [0.2, 0.25) is 0 Å². The number of likely N-dealkylation sites (N-methyl/N-ethyl adjacent to an activating group) is 1. The molecule has 0 fully saturated rings. The maximum Gasteiger partial charge on any atom is 0.247 e. The smallest absolute Gasteiger partial charge is 0.247 e. The lowest BCUT2D eigenvalue weighted by Crippen LogP contribution is -2.52. The molecule has 3 aliphatic rings. The number of amides is 1. The van der Waals surface area contributed by atoms with Crippen molar-refractivity contribution in [2.75, 3.05) is 16.8 Å². The molecule has 1 amide bonds. The van der Waals surface area contributed by atoms with E-state index in [1.54, 1.807) is 41.0 Å². The lowest BCUT2D eigenvalue weighted by Gasteiger charge is -2.47. The first-order valence-corrected chi connectivity index (χ1v) is 12.2. The Kier molecular flexibility index (Phi) is 4.83. The van der Waals surface area contributed by atoms with Gasteiger partial charge in [-0.15, -0.1) is 0 Å². The third-order valence-electron chi connectivity index (χ3n) is 7.63. The number of benzene rings is 2. The van der Waals surface area contributed by atoms with Gasteiger partial charge in [-0.05, 0) is 48.2 Å². The highest BCUT2D eigenvalue weighted by Gasteiger charge is 2.63. The van der Waals surface area contributed by atoms with Crippen molar-refractivity contribution in [2.45, 2.75) is 32.1 Å². The van der Waals surface area contributed by atoms with Crippen molar-refractivity contribution in [1.29, 1.82) is 5.26 Å². The van der Waals surface area contributed by atoms with Crippen LogP contribution in [0.3, 0.4) is 0 Å². The minimum Gasteiger partial charge on any atom is -0.314 e. The van der Waals surface area contributed by atoms with Crippen LogP contribution in [0.15, 0.2) is 89.9 Å². The Morgan fingerprint density at radius 3 is 2.41 bits per heavy atom. The van der Waals surface area contributed by atoms with Gasteiger partial charge in [0.15, 0.2) is 5.78 Å². The number of carbonyl (C=O) groups is 2. The zero-order valence-corrected chi connectivity index (χ0v) is 20.8. The van der Waals surface area contributed by atoms with E-state index < -0.39 is 16.6 Å². The largest absolute Gasteiger partial charge is 0.314 e. The van der Waals surface area contributed by atoms with Crippen LogP contribution >= 0.6 is 0 Å². The molecule has 3 heterocycles. The molecule has 0 saturated carbocycles. The Hall–Kier alpha value is -4.44. The summed E-state index contributed by atoms with van der Waals surface area (Å²) in [6.45, 7) is 4.03. The van der Waals surface area contributed by atoms with Crippen molar-refractivity contribution in [3.63, 3.8) is 0 Å². The van der Waals surface area contributed by atoms with E-state index in [4.69, 9.17) is 0 Å². The lowest BCUT2D eigenvalue weighted by molar-refractivity contribution is -0.124. The molecule has 0 radical (unpaired) electrons. The van der Waals surface area contributed by atoms with Crippen molar-refractivity contribution in [2.24, 2.45) is 5.41 Å². The van der Waals surface area contributed by atoms with E-state index in [0.29, 0.717) is 40.5 Å². The van der Waals surface area contributed by atoms with Crippen molar-refractivity contribution < 1.29 is 14.0 Å². The number of nitriles is 1. The van der Waals surface area contributed by atoms with Crippen molar-refractivity contribution >= 4 is 28.9 Å². The Morgan fingerprint density at radius 2 is 1.70 bits per heavy atom. The molecule has 3 aromatic rings. The Bertz CT molecular complexity index is 1590. The fourth-order valence-electron chi connectivity index (χ4n) is 6.23. The number of halogens is 1. The molecule has 0 N–H and O–H groups in total. The molecule has 37 heavy (non-hydrogen) atoms. The van der Waals surface area contributed by atoms with Gasteiger partial charge < -0.3 is 9.47 Å². The van der Waals surface area contributed by atoms with Gasteiger partial charge in [-0.3, -0.25) is 14.5 Å². The second-order valence-corrected chi connectivity index (χ2v) is 10.6. The molecule has 1 atom stereocenters. The summed E-state index contributed by atoms with van der Waals surface area (Å²) in [7, 11) is 1.68. The molecule has 7 heteroatoms. The second kappa shape index (κ2) is 7.78. The number of fused-ring (bicyclic) bond motifs is 3. The quantitative estimate of drug-likeness (QED) is 0.481. The van der Waals surface area contributed by atoms with Crippen LogP contribution in [-0.4, -0.2) is 23.3 Å². The van der Waals surface area contributed by atoms with Gasteiger partial charge in [0.25, 0.3) is 0 Å². The highest BCUT2D eigenvalue weighted by atomic mass is 19.1. The van der Waals surface area contributed by atoms with E-state index in [2.05, 4.69) is 6.07 Å². The first kappa shape index (κ1) is 23.0.